The Bertz CT molecular complexity index is 729. The Morgan fingerprint density at radius 3 is 2.58 bits per heavy atom. The molecule has 3 nitrogen and oxygen atoms in total. The standard InChI is InChI=1S/C13H8Cl2N2OS/c14-10-5-6-12(9-4-2-1-3-8(9)10)18-7-11-13(15)19-17-16-11/h1-6H,7H2. The summed E-state index contributed by atoms with van der Waals surface area (Å²) >= 11 is 13.2. The number of rotatable bonds is 3. The van der Waals surface area contributed by atoms with Crippen molar-refractivity contribution in [1.29, 1.82) is 0 Å². The van der Waals surface area contributed by atoms with Crippen LogP contribution >= 0.6 is 34.7 Å². The van der Waals surface area contributed by atoms with Crippen LogP contribution in [-0.2, 0) is 6.61 Å². The predicted octanol–water partition coefficient (Wildman–Crippen LogP) is 4.58. The first-order valence-electron chi connectivity index (χ1n) is 5.52. The predicted molar refractivity (Wildman–Crippen MR) is 78.2 cm³/mol. The molecule has 0 saturated carbocycles. The minimum absolute atomic E-state index is 0.293. The van der Waals surface area contributed by atoms with Crippen molar-refractivity contribution in [1.82, 2.24) is 9.59 Å². The Labute approximate surface area is 123 Å². The third-order valence-corrected chi connectivity index (χ3v) is 4.02. The van der Waals surface area contributed by atoms with E-state index < -0.39 is 0 Å². The molecule has 0 fully saturated rings. The van der Waals surface area contributed by atoms with Crippen molar-refractivity contribution in [2.45, 2.75) is 6.61 Å². The van der Waals surface area contributed by atoms with Crippen molar-refractivity contribution in [2.75, 3.05) is 0 Å². The van der Waals surface area contributed by atoms with E-state index in [1.165, 1.54) is 0 Å². The van der Waals surface area contributed by atoms with Crippen LogP contribution in [-0.4, -0.2) is 9.59 Å². The summed E-state index contributed by atoms with van der Waals surface area (Å²) in [5.41, 5.74) is 0.644. The third kappa shape index (κ3) is 2.52. The van der Waals surface area contributed by atoms with Gasteiger partial charge in [-0.15, -0.1) is 5.10 Å². The number of benzene rings is 2. The van der Waals surface area contributed by atoms with E-state index in [0.29, 0.717) is 21.7 Å². The molecule has 0 spiro atoms. The Kier molecular flexibility index (Phi) is 3.55. The smallest absolute Gasteiger partial charge is 0.141 e. The van der Waals surface area contributed by atoms with Gasteiger partial charge in [0.25, 0.3) is 0 Å². The number of ether oxygens (including phenoxy) is 1. The molecule has 0 aliphatic carbocycles. The zero-order chi connectivity index (χ0) is 13.2. The Morgan fingerprint density at radius 2 is 1.84 bits per heavy atom. The molecule has 0 bridgehead atoms. The van der Waals surface area contributed by atoms with Crippen LogP contribution in [0.2, 0.25) is 9.36 Å². The molecular weight excluding hydrogens is 303 g/mol. The molecular formula is C13H8Cl2N2OS. The van der Waals surface area contributed by atoms with E-state index in [1.807, 2.05) is 36.4 Å². The molecule has 0 atom stereocenters. The van der Waals surface area contributed by atoms with Gasteiger partial charge in [0.1, 0.15) is 22.4 Å². The van der Waals surface area contributed by atoms with Gasteiger partial charge in [-0.1, -0.05) is 52.0 Å². The molecule has 19 heavy (non-hydrogen) atoms. The molecule has 6 heteroatoms. The fourth-order valence-electron chi connectivity index (χ4n) is 1.79. The highest BCUT2D eigenvalue weighted by molar-refractivity contribution is 7.10. The largest absolute Gasteiger partial charge is 0.486 e. The average Bonchev–Trinajstić information content (AvgIpc) is 2.84. The Balaban J connectivity index is 1.93. The van der Waals surface area contributed by atoms with E-state index in [4.69, 9.17) is 27.9 Å². The van der Waals surface area contributed by atoms with Gasteiger partial charge < -0.3 is 4.74 Å². The lowest BCUT2D eigenvalue weighted by atomic mass is 10.1. The van der Waals surface area contributed by atoms with E-state index >= 15 is 0 Å². The highest BCUT2D eigenvalue weighted by Gasteiger charge is 2.09. The molecule has 0 aliphatic rings. The monoisotopic (exact) mass is 310 g/mol. The van der Waals surface area contributed by atoms with Gasteiger partial charge in [-0.2, -0.15) is 0 Å². The van der Waals surface area contributed by atoms with Crippen LogP contribution in [0.3, 0.4) is 0 Å². The molecule has 0 amide bonds. The summed E-state index contributed by atoms with van der Waals surface area (Å²) in [6, 6.07) is 11.5. The van der Waals surface area contributed by atoms with E-state index in [0.717, 1.165) is 28.1 Å². The van der Waals surface area contributed by atoms with Crippen LogP contribution in [0.4, 0.5) is 0 Å². The van der Waals surface area contributed by atoms with Gasteiger partial charge in [-0.25, -0.2) is 0 Å². The third-order valence-electron chi connectivity index (χ3n) is 2.70. The quantitative estimate of drug-likeness (QED) is 0.710. The van der Waals surface area contributed by atoms with Crippen molar-refractivity contribution < 1.29 is 4.74 Å². The van der Waals surface area contributed by atoms with Crippen LogP contribution in [0.1, 0.15) is 5.69 Å². The summed E-state index contributed by atoms with van der Waals surface area (Å²) in [6.07, 6.45) is 0. The van der Waals surface area contributed by atoms with E-state index in [2.05, 4.69) is 9.59 Å². The van der Waals surface area contributed by atoms with Crippen molar-refractivity contribution >= 4 is 45.5 Å². The molecule has 0 saturated heterocycles. The number of hydrogen-bond acceptors (Lipinski definition) is 4. The SMILES string of the molecule is Clc1snnc1COc1ccc(Cl)c2ccccc12. The first-order chi connectivity index (χ1) is 9.25. The summed E-state index contributed by atoms with van der Waals surface area (Å²) in [6.45, 7) is 0.293. The number of hydrogen-bond donors (Lipinski definition) is 0. The fourth-order valence-corrected chi connectivity index (χ4v) is 2.62. The maximum atomic E-state index is 6.16. The fraction of sp³-hybridized carbons (Fsp3) is 0.0769. The van der Waals surface area contributed by atoms with Crippen molar-refractivity contribution in [3.8, 4) is 5.75 Å². The Morgan fingerprint density at radius 1 is 1.05 bits per heavy atom. The van der Waals surface area contributed by atoms with Gasteiger partial charge >= 0.3 is 0 Å². The van der Waals surface area contributed by atoms with Gasteiger partial charge in [0.15, 0.2) is 0 Å². The minimum Gasteiger partial charge on any atom is -0.486 e. The summed E-state index contributed by atoms with van der Waals surface area (Å²) < 4.78 is 10.1. The summed E-state index contributed by atoms with van der Waals surface area (Å²) in [7, 11) is 0. The maximum Gasteiger partial charge on any atom is 0.141 e. The summed E-state index contributed by atoms with van der Waals surface area (Å²) in [4.78, 5) is 0. The van der Waals surface area contributed by atoms with Gasteiger partial charge in [-0.05, 0) is 12.1 Å². The maximum absolute atomic E-state index is 6.16. The molecule has 0 radical (unpaired) electrons. The second kappa shape index (κ2) is 5.33. The van der Waals surface area contributed by atoms with Crippen LogP contribution in [0.15, 0.2) is 36.4 Å². The van der Waals surface area contributed by atoms with Crippen LogP contribution in [0.5, 0.6) is 5.75 Å². The zero-order valence-electron chi connectivity index (χ0n) is 9.64. The first-order valence-corrected chi connectivity index (χ1v) is 7.05. The van der Waals surface area contributed by atoms with Gasteiger partial charge in [-0.3, -0.25) is 0 Å². The molecule has 2 aromatic carbocycles. The normalized spacial score (nSPS) is 10.8. The van der Waals surface area contributed by atoms with Crippen LogP contribution < -0.4 is 4.74 Å². The lowest BCUT2D eigenvalue weighted by molar-refractivity contribution is 0.305. The van der Waals surface area contributed by atoms with Crippen molar-refractivity contribution in [3.05, 3.63) is 51.5 Å². The summed E-state index contributed by atoms with van der Waals surface area (Å²) in [5, 5.41) is 6.55. The number of nitrogens with zero attached hydrogens (tertiary/aromatic N) is 2. The molecule has 0 aliphatic heterocycles. The van der Waals surface area contributed by atoms with Gasteiger partial charge in [0, 0.05) is 27.3 Å². The van der Waals surface area contributed by atoms with E-state index in [-0.39, 0.29) is 0 Å². The lowest BCUT2D eigenvalue weighted by Gasteiger charge is -2.09. The second-order valence-electron chi connectivity index (χ2n) is 3.87. The zero-order valence-corrected chi connectivity index (χ0v) is 12.0. The van der Waals surface area contributed by atoms with Crippen LogP contribution in [0, 0.1) is 0 Å². The highest BCUT2D eigenvalue weighted by atomic mass is 35.5. The van der Waals surface area contributed by atoms with Crippen LogP contribution in [0.25, 0.3) is 10.8 Å². The molecule has 96 valence electrons. The van der Waals surface area contributed by atoms with Gasteiger partial charge in [0.05, 0.1) is 0 Å². The molecule has 3 aromatic rings. The molecule has 1 heterocycles. The lowest BCUT2D eigenvalue weighted by Crippen LogP contribution is -1.97. The number of aromatic nitrogens is 2. The van der Waals surface area contributed by atoms with Gasteiger partial charge in [0.2, 0.25) is 0 Å². The topological polar surface area (TPSA) is 35.0 Å². The summed E-state index contributed by atoms with van der Waals surface area (Å²) in [5.74, 6) is 0.754. The van der Waals surface area contributed by atoms with Crippen molar-refractivity contribution in [3.63, 3.8) is 0 Å². The van der Waals surface area contributed by atoms with E-state index in [1.54, 1.807) is 0 Å². The highest BCUT2D eigenvalue weighted by Crippen LogP contribution is 2.32. The molecule has 1 aromatic heterocycles. The minimum atomic E-state index is 0.293. The number of halogens is 2. The number of fused-ring (bicyclic) bond motifs is 1. The second-order valence-corrected chi connectivity index (χ2v) is 5.64. The molecule has 3 rings (SSSR count). The Hall–Kier alpha value is -1.36. The average molecular weight is 311 g/mol. The molecule has 0 N–H and O–H groups in total. The molecule has 0 unspecified atom stereocenters. The van der Waals surface area contributed by atoms with Crippen molar-refractivity contribution in [2.24, 2.45) is 0 Å². The van der Waals surface area contributed by atoms with E-state index in [9.17, 15) is 0 Å². The first kappa shape index (κ1) is 12.7.